The van der Waals surface area contributed by atoms with Crippen LogP contribution < -0.4 is 4.74 Å². The van der Waals surface area contributed by atoms with E-state index in [0.717, 1.165) is 37.2 Å². The fourth-order valence-corrected chi connectivity index (χ4v) is 2.76. The van der Waals surface area contributed by atoms with Gasteiger partial charge in [-0.05, 0) is 56.6 Å². The maximum atomic E-state index is 12.3. The van der Waals surface area contributed by atoms with E-state index in [2.05, 4.69) is 11.9 Å². The van der Waals surface area contributed by atoms with Gasteiger partial charge in [-0.1, -0.05) is 12.1 Å². The molecule has 1 aliphatic heterocycles. The molecule has 4 heteroatoms. The third-order valence-electron chi connectivity index (χ3n) is 4.31. The summed E-state index contributed by atoms with van der Waals surface area (Å²) in [6, 6.07) is 7.89. The number of hydrogen-bond donors (Lipinski definition) is 0. The van der Waals surface area contributed by atoms with Crippen LogP contribution in [0.1, 0.15) is 24.8 Å². The number of benzene rings is 1. The van der Waals surface area contributed by atoms with Crippen LogP contribution in [-0.2, 0) is 11.3 Å². The first-order valence-corrected chi connectivity index (χ1v) is 7.64. The number of carbonyl (C=O) groups is 1. The summed E-state index contributed by atoms with van der Waals surface area (Å²) in [5.41, 5.74) is 1.13. The van der Waals surface area contributed by atoms with Crippen molar-refractivity contribution in [1.29, 1.82) is 0 Å². The van der Waals surface area contributed by atoms with E-state index >= 15 is 0 Å². The van der Waals surface area contributed by atoms with Gasteiger partial charge in [0.25, 0.3) is 0 Å². The van der Waals surface area contributed by atoms with E-state index in [0.29, 0.717) is 18.9 Å². The molecule has 0 radical (unpaired) electrons. The molecule has 2 rings (SSSR count). The van der Waals surface area contributed by atoms with E-state index in [-0.39, 0.29) is 5.91 Å². The van der Waals surface area contributed by atoms with Crippen molar-refractivity contribution in [3.63, 3.8) is 0 Å². The second kappa shape index (κ2) is 7.46. The summed E-state index contributed by atoms with van der Waals surface area (Å²) in [6.45, 7) is 2.88. The van der Waals surface area contributed by atoms with Crippen LogP contribution in [-0.4, -0.2) is 50.0 Å². The van der Waals surface area contributed by atoms with E-state index in [1.54, 1.807) is 7.11 Å². The molecule has 0 aliphatic carbocycles. The number of piperidine rings is 1. The van der Waals surface area contributed by atoms with Crippen molar-refractivity contribution in [2.45, 2.75) is 25.8 Å². The molecule has 21 heavy (non-hydrogen) atoms. The number of nitrogens with zero attached hydrogens (tertiary/aromatic N) is 2. The van der Waals surface area contributed by atoms with Crippen molar-refractivity contribution < 1.29 is 9.53 Å². The van der Waals surface area contributed by atoms with Gasteiger partial charge in [-0.3, -0.25) is 4.79 Å². The van der Waals surface area contributed by atoms with Gasteiger partial charge in [-0.25, -0.2) is 0 Å². The molecule has 1 aromatic rings. The number of carbonyl (C=O) groups excluding carboxylic acids is 1. The first-order valence-electron chi connectivity index (χ1n) is 7.64. The van der Waals surface area contributed by atoms with Gasteiger partial charge in [0.1, 0.15) is 5.75 Å². The molecule has 116 valence electrons. The summed E-state index contributed by atoms with van der Waals surface area (Å²) < 4.78 is 5.15. The summed E-state index contributed by atoms with van der Waals surface area (Å²) in [5.74, 6) is 1.64. The second-order valence-corrected chi connectivity index (χ2v) is 6.05. The molecule has 0 atom stereocenters. The minimum Gasteiger partial charge on any atom is -0.497 e. The van der Waals surface area contributed by atoms with Crippen LogP contribution in [0.25, 0.3) is 0 Å². The van der Waals surface area contributed by atoms with Crippen LogP contribution in [0, 0.1) is 5.92 Å². The lowest BCUT2D eigenvalue weighted by atomic mass is 9.93. The molecule has 0 unspecified atom stereocenters. The van der Waals surface area contributed by atoms with Gasteiger partial charge in [0.05, 0.1) is 7.11 Å². The highest BCUT2D eigenvalue weighted by molar-refractivity contribution is 5.76. The molecule has 1 aromatic carbocycles. The topological polar surface area (TPSA) is 32.8 Å². The first kappa shape index (κ1) is 15.8. The highest BCUT2D eigenvalue weighted by Gasteiger charge is 2.21. The van der Waals surface area contributed by atoms with Gasteiger partial charge in [-0.2, -0.15) is 0 Å². The molecular formula is C17H26N2O2. The minimum absolute atomic E-state index is 0.250. The molecular weight excluding hydrogens is 264 g/mol. The Labute approximate surface area is 127 Å². The smallest absolute Gasteiger partial charge is 0.222 e. The molecule has 0 saturated carbocycles. The molecule has 1 aliphatic rings. The van der Waals surface area contributed by atoms with Gasteiger partial charge in [-0.15, -0.1) is 0 Å². The van der Waals surface area contributed by atoms with Crippen LogP contribution in [0.2, 0.25) is 0 Å². The van der Waals surface area contributed by atoms with E-state index in [9.17, 15) is 4.79 Å². The van der Waals surface area contributed by atoms with Crippen LogP contribution in [0.5, 0.6) is 5.75 Å². The molecule has 1 fully saturated rings. The second-order valence-electron chi connectivity index (χ2n) is 6.05. The monoisotopic (exact) mass is 290 g/mol. The van der Waals surface area contributed by atoms with Crippen molar-refractivity contribution in [3.8, 4) is 5.75 Å². The lowest BCUT2D eigenvalue weighted by Gasteiger charge is -2.29. The van der Waals surface area contributed by atoms with Crippen molar-refractivity contribution in [2.24, 2.45) is 5.92 Å². The Morgan fingerprint density at radius 1 is 1.29 bits per heavy atom. The number of amides is 1. The SMILES string of the molecule is COc1ccc(CN(C)C(=O)CC2CCN(C)CC2)cc1. The molecule has 1 amide bonds. The Hall–Kier alpha value is -1.55. The van der Waals surface area contributed by atoms with E-state index in [4.69, 9.17) is 4.74 Å². The average Bonchev–Trinajstić information content (AvgIpc) is 2.50. The van der Waals surface area contributed by atoms with Crippen molar-refractivity contribution in [1.82, 2.24) is 9.80 Å². The van der Waals surface area contributed by atoms with Gasteiger partial charge in [0.2, 0.25) is 5.91 Å². The van der Waals surface area contributed by atoms with Crippen LogP contribution >= 0.6 is 0 Å². The van der Waals surface area contributed by atoms with E-state index < -0.39 is 0 Å². The molecule has 0 N–H and O–H groups in total. The standard InChI is InChI=1S/C17H26N2O2/c1-18-10-8-14(9-11-18)12-17(20)19(2)13-15-4-6-16(21-3)7-5-15/h4-7,14H,8-13H2,1-3H3. The Balaban J connectivity index is 1.81. The average molecular weight is 290 g/mol. The molecule has 4 nitrogen and oxygen atoms in total. The lowest BCUT2D eigenvalue weighted by Crippen LogP contribution is -2.34. The third kappa shape index (κ3) is 4.74. The summed E-state index contributed by atoms with van der Waals surface area (Å²) in [5, 5.41) is 0. The molecule has 0 bridgehead atoms. The highest BCUT2D eigenvalue weighted by atomic mass is 16.5. The molecule has 1 heterocycles. The number of likely N-dealkylation sites (tertiary alicyclic amines) is 1. The molecule has 0 aromatic heterocycles. The summed E-state index contributed by atoms with van der Waals surface area (Å²) >= 11 is 0. The maximum Gasteiger partial charge on any atom is 0.222 e. The number of ether oxygens (including phenoxy) is 1. The van der Waals surface area contributed by atoms with Crippen molar-refractivity contribution in [3.05, 3.63) is 29.8 Å². The minimum atomic E-state index is 0.250. The van der Waals surface area contributed by atoms with Gasteiger partial charge in [0.15, 0.2) is 0 Å². The first-order chi connectivity index (χ1) is 10.1. The maximum absolute atomic E-state index is 12.3. The lowest BCUT2D eigenvalue weighted by molar-refractivity contribution is -0.131. The van der Waals surface area contributed by atoms with Crippen LogP contribution in [0.4, 0.5) is 0 Å². The Kier molecular flexibility index (Phi) is 5.62. The summed E-state index contributed by atoms with van der Waals surface area (Å²) in [6.07, 6.45) is 2.96. The number of hydrogen-bond acceptors (Lipinski definition) is 3. The Morgan fingerprint density at radius 3 is 2.48 bits per heavy atom. The van der Waals surface area contributed by atoms with Crippen molar-refractivity contribution >= 4 is 5.91 Å². The number of rotatable bonds is 5. The fraction of sp³-hybridized carbons (Fsp3) is 0.588. The van der Waals surface area contributed by atoms with Crippen LogP contribution in [0.15, 0.2) is 24.3 Å². The number of methoxy groups -OCH3 is 1. The Morgan fingerprint density at radius 2 is 1.90 bits per heavy atom. The summed E-state index contributed by atoms with van der Waals surface area (Å²) in [4.78, 5) is 16.5. The Bertz CT molecular complexity index is 450. The van der Waals surface area contributed by atoms with Crippen LogP contribution in [0.3, 0.4) is 0 Å². The van der Waals surface area contributed by atoms with Gasteiger partial charge < -0.3 is 14.5 Å². The van der Waals surface area contributed by atoms with Crippen molar-refractivity contribution in [2.75, 3.05) is 34.3 Å². The summed E-state index contributed by atoms with van der Waals surface area (Å²) in [7, 11) is 5.70. The fourth-order valence-electron chi connectivity index (χ4n) is 2.76. The van der Waals surface area contributed by atoms with E-state index in [1.807, 2.05) is 36.2 Å². The largest absolute Gasteiger partial charge is 0.497 e. The predicted octanol–water partition coefficient (Wildman–Crippen LogP) is 2.39. The third-order valence-corrected chi connectivity index (χ3v) is 4.31. The van der Waals surface area contributed by atoms with Gasteiger partial charge in [0, 0.05) is 20.0 Å². The zero-order chi connectivity index (χ0) is 15.2. The molecule has 0 spiro atoms. The van der Waals surface area contributed by atoms with E-state index in [1.165, 1.54) is 0 Å². The predicted molar refractivity (Wildman–Crippen MR) is 84.3 cm³/mol. The molecule has 1 saturated heterocycles. The van der Waals surface area contributed by atoms with Gasteiger partial charge >= 0.3 is 0 Å². The quantitative estimate of drug-likeness (QED) is 0.835. The zero-order valence-electron chi connectivity index (χ0n) is 13.3. The normalized spacial score (nSPS) is 16.7. The highest BCUT2D eigenvalue weighted by Crippen LogP contribution is 2.21. The zero-order valence-corrected chi connectivity index (χ0v) is 13.3.